The molecule has 1 heterocycles. The zero-order chi connectivity index (χ0) is 20.1. The summed E-state index contributed by atoms with van der Waals surface area (Å²) in [6.45, 7) is 2.02. The van der Waals surface area contributed by atoms with E-state index < -0.39 is 5.97 Å². The Labute approximate surface area is 167 Å². The van der Waals surface area contributed by atoms with E-state index in [0.29, 0.717) is 22.1 Å². The third kappa shape index (κ3) is 4.09. The first-order valence-electron chi connectivity index (χ1n) is 8.76. The van der Waals surface area contributed by atoms with Crippen molar-refractivity contribution in [1.82, 2.24) is 0 Å². The Kier molecular flexibility index (Phi) is 6.16. The third-order valence-electron chi connectivity index (χ3n) is 4.14. The first kappa shape index (κ1) is 19.7. The van der Waals surface area contributed by atoms with Crippen LogP contribution in [0.15, 0.2) is 42.5 Å². The Hall–Kier alpha value is -3.06. The van der Waals surface area contributed by atoms with E-state index in [4.69, 9.17) is 14.2 Å². The molecule has 7 heteroatoms. The van der Waals surface area contributed by atoms with Crippen molar-refractivity contribution in [1.29, 1.82) is 0 Å². The largest absolute Gasteiger partial charge is 0.493 e. The highest BCUT2D eigenvalue weighted by molar-refractivity contribution is 7.23. The van der Waals surface area contributed by atoms with Gasteiger partial charge in [-0.15, -0.1) is 11.3 Å². The van der Waals surface area contributed by atoms with E-state index in [2.05, 4.69) is 5.32 Å². The lowest BCUT2D eigenvalue weighted by molar-refractivity contribution is -0.115. The topological polar surface area (TPSA) is 73.9 Å². The van der Waals surface area contributed by atoms with E-state index in [1.54, 1.807) is 39.3 Å². The lowest BCUT2D eigenvalue weighted by atomic mass is 10.1. The molecular formula is C21H21NO5S. The Morgan fingerprint density at radius 3 is 2.50 bits per heavy atom. The number of rotatable bonds is 7. The summed E-state index contributed by atoms with van der Waals surface area (Å²) in [5.41, 5.74) is 1.16. The van der Waals surface area contributed by atoms with Crippen LogP contribution in [0.25, 0.3) is 10.1 Å². The van der Waals surface area contributed by atoms with Crippen molar-refractivity contribution in [3.63, 3.8) is 0 Å². The Morgan fingerprint density at radius 1 is 1.04 bits per heavy atom. The molecule has 0 saturated carbocycles. The first-order valence-corrected chi connectivity index (χ1v) is 9.58. The SMILES string of the molecule is CCOC(=O)c1c(NC(=O)Cc2ccc(OC)c(OC)c2)sc2ccccc12. The lowest BCUT2D eigenvalue weighted by Crippen LogP contribution is -2.16. The maximum absolute atomic E-state index is 12.6. The number of anilines is 1. The molecule has 1 aromatic heterocycles. The van der Waals surface area contributed by atoms with Crippen LogP contribution < -0.4 is 14.8 Å². The van der Waals surface area contributed by atoms with Crippen molar-refractivity contribution in [2.24, 2.45) is 0 Å². The molecule has 0 spiro atoms. The molecule has 0 bridgehead atoms. The summed E-state index contributed by atoms with van der Waals surface area (Å²) in [5.74, 6) is 0.480. The molecule has 0 aliphatic carbocycles. The van der Waals surface area contributed by atoms with Crippen molar-refractivity contribution >= 4 is 38.3 Å². The van der Waals surface area contributed by atoms with Gasteiger partial charge in [0.25, 0.3) is 0 Å². The molecule has 0 atom stereocenters. The number of methoxy groups -OCH3 is 2. The van der Waals surface area contributed by atoms with Crippen molar-refractivity contribution in [2.75, 3.05) is 26.1 Å². The molecule has 3 rings (SSSR count). The molecular weight excluding hydrogens is 378 g/mol. The number of esters is 1. The number of hydrogen-bond acceptors (Lipinski definition) is 6. The molecule has 2 aromatic carbocycles. The summed E-state index contributed by atoms with van der Waals surface area (Å²) in [6.07, 6.45) is 0.136. The average Bonchev–Trinajstić information content (AvgIpc) is 3.05. The van der Waals surface area contributed by atoms with E-state index in [9.17, 15) is 9.59 Å². The van der Waals surface area contributed by atoms with Crippen LogP contribution in [0.1, 0.15) is 22.8 Å². The second kappa shape index (κ2) is 8.75. The van der Waals surface area contributed by atoms with Crippen LogP contribution in [0.4, 0.5) is 5.00 Å². The fraction of sp³-hybridized carbons (Fsp3) is 0.238. The van der Waals surface area contributed by atoms with Gasteiger partial charge in [0.1, 0.15) is 10.6 Å². The van der Waals surface area contributed by atoms with Gasteiger partial charge in [-0.1, -0.05) is 24.3 Å². The second-order valence-corrected chi connectivity index (χ2v) is 6.99. The van der Waals surface area contributed by atoms with Crippen molar-refractivity contribution < 1.29 is 23.8 Å². The predicted molar refractivity (Wildman–Crippen MR) is 110 cm³/mol. The number of nitrogens with one attached hydrogen (secondary N) is 1. The zero-order valence-electron chi connectivity index (χ0n) is 15.9. The van der Waals surface area contributed by atoms with E-state index in [1.807, 2.05) is 24.3 Å². The first-order chi connectivity index (χ1) is 13.6. The van der Waals surface area contributed by atoms with Crippen LogP contribution in [-0.2, 0) is 16.0 Å². The fourth-order valence-corrected chi connectivity index (χ4v) is 3.99. The summed E-state index contributed by atoms with van der Waals surface area (Å²) in [7, 11) is 3.10. The minimum Gasteiger partial charge on any atom is -0.493 e. The van der Waals surface area contributed by atoms with Gasteiger partial charge in [-0.2, -0.15) is 0 Å². The number of thiophene rings is 1. The Balaban J connectivity index is 1.85. The summed E-state index contributed by atoms with van der Waals surface area (Å²) in [6, 6.07) is 12.8. The summed E-state index contributed by atoms with van der Waals surface area (Å²) in [4.78, 5) is 25.1. The van der Waals surface area contributed by atoms with Crippen LogP contribution in [0.5, 0.6) is 11.5 Å². The third-order valence-corrected chi connectivity index (χ3v) is 5.23. The molecule has 28 heavy (non-hydrogen) atoms. The molecule has 0 unspecified atom stereocenters. The van der Waals surface area contributed by atoms with Crippen molar-refractivity contribution in [3.05, 3.63) is 53.6 Å². The molecule has 0 saturated heterocycles. The molecule has 6 nitrogen and oxygen atoms in total. The van der Waals surface area contributed by atoms with Crippen LogP contribution in [0.2, 0.25) is 0 Å². The lowest BCUT2D eigenvalue weighted by Gasteiger charge is -2.10. The van der Waals surface area contributed by atoms with E-state index in [-0.39, 0.29) is 18.9 Å². The second-order valence-electron chi connectivity index (χ2n) is 5.94. The maximum Gasteiger partial charge on any atom is 0.341 e. The van der Waals surface area contributed by atoms with Crippen LogP contribution in [-0.4, -0.2) is 32.7 Å². The van der Waals surface area contributed by atoms with Gasteiger partial charge >= 0.3 is 5.97 Å². The Bertz CT molecular complexity index is 1010. The number of ether oxygens (including phenoxy) is 3. The van der Waals surface area contributed by atoms with Gasteiger partial charge in [0.15, 0.2) is 11.5 Å². The fourth-order valence-electron chi connectivity index (χ4n) is 2.89. The highest BCUT2D eigenvalue weighted by atomic mass is 32.1. The molecule has 146 valence electrons. The molecule has 3 aromatic rings. The van der Waals surface area contributed by atoms with Crippen molar-refractivity contribution in [3.8, 4) is 11.5 Å². The van der Waals surface area contributed by atoms with E-state index in [0.717, 1.165) is 15.6 Å². The van der Waals surface area contributed by atoms with Gasteiger partial charge in [-0.05, 0) is 30.7 Å². The van der Waals surface area contributed by atoms with E-state index >= 15 is 0 Å². The maximum atomic E-state index is 12.6. The normalized spacial score (nSPS) is 10.5. The van der Waals surface area contributed by atoms with Gasteiger partial charge in [-0.25, -0.2) is 4.79 Å². The van der Waals surface area contributed by atoms with E-state index in [1.165, 1.54) is 11.3 Å². The summed E-state index contributed by atoms with van der Waals surface area (Å²) < 4.78 is 16.6. The quantitative estimate of drug-likeness (QED) is 0.601. The highest BCUT2D eigenvalue weighted by Crippen LogP contribution is 2.36. The van der Waals surface area contributed by atoms with Gasteiger partial charge in [-0.3, -0.25) is 4.79 Å². The van der Waals surface area contributed by atoms with Crippen LogP contribution in [0, 0.1) is 0 Å². The molecule has 0 fully saturated rings. The molecule has 0 aliphatic rings. The number of carbonyl (C=O) groups excluding carboxylic acids is 2. The number of benzene rings is 2. The molecule has 1 N–H and O–H groups in total. The number of hydrogen-bond donors (Lipinski definition) is 1. The van der Waals surface area contributed by atoms with Gasteiger partial charge < -0.3 is 19.5 Å². The van der Waals surface area contributed by atoms with Crippen LogP contribution in [0.3, 0.4) is 0 Å². The minimum atomic E-state index is -0.443. The average molecular weight is 399 g/mol. The molecule has 0 aliphatic heterocycles. The van der Waals surface area contributed by atoms with Gasteiger partial charge in [0.2, 0.25) is 5.91 Å². The minimum absolute atomic E-state index is 0.136. The number of fused-ring (bicyclic) bond motifs is 1. The van der Waals surface area contributed by atoms with Crippen molar-refractivity contribution in [2.45, 2.75) is 13.3 Å². The standard InChI is InChI=1S/C21H21NO5S/c1-4-27-21(24)19-14-7-5-6-8-17(14)28-20(19)22-18(23)12-13-9-10-15(25-2)16(11-13)26-3/h5-11H,4,12H2,1-3H3,(H,22,23). The monoisotopic (exact) mass is 399 g/mol. The molecule has 0 radical (unpaired) electrons. The predicted octanol–water partition coefficient (Wildman–Crippen LogP) is 4.28. The Morgan fingerprint density at radius 2 is 1.79 bits per heavy atom. The zero-order valence-corrected chi connectivity index (χ0v) is 16.7. The smallest absolute Gasteiger partial charge is 0.341 e. The van der Waals surface area contributed by atoms with Gasteiger partial charge in [0.05, 0.1) is 27.2 Å². The number of carbonyl (C=O) groups is 2. The summed E-state index contributed by atoms with van der Waals surface area (Å²) >= 11 is 1.35. The number of amides is 1. The van der Waals surface area contributed by atoms with Crippen LogP contribution >= 0.6 is 11.3 Å². The summed E-state index contributed by atoms with van der Waals surface area (Å²) in [5, 5.41) is 4.12. The van der Waals surface area contributed by atoms with Gasteiger partial charge in [0, 0.05) is 10.1 Å². The highest BCUT2D eigenvalue weighted by Gasteiger charge is 2.21. The molecule has 1 amide bonds.